The number of methoxy groups -OCH3 is 1. The van der Waals surface area contributed by atoms with E-state index in [1.54, 1.807) is 24.3 Å². The first-order chi connectivity index (χ1) is 7.95. The normalized spacial score (nSPS) is 11.5. The Morgan fingerprint density at radius 2 is 2.00 bits per heavy atom. The summed E-state index contributed by atoms with van der Waals surface area (Å²) in [5, 5.41) is 2.54. The summed E-state index contributed by atoms with van der Waals surface area (Å²) in [5.74, 6) is -1.45. The maximum Gasteiger partial charge on any atom is 0.454 e. The van der Waals surface area contributed by atoms with Crippen LogP contribution in [0, 0.1) is 0 Å². The van der Waals surface area contributed by atoms with Crippen LogP contribution in [-0.4, -0.2) is 19.1 Å². The van der Waals surface area contributed by atoms with Gasteiger partial charge in [-0.15, -0.1) is 0 Å². The predicted octanol–water partition coefficient (Wildman–Crippen LogP) is 2.75. The zero-order valence-electron chi connectivity index (χ0n) is 8.91. The molecule has 3 nitrogen and oxygen atoms in total. The second-order valence-corrected chi connectivity index (χ2v) is 3.04. The molecule has 0 unspecified atom stereocenters. The van der Waals surface area contributed by atoms with Crippen LogP contribution < -0.4 is 10.1 Å². The van der Waals surface area contributed by atoms with Gasteiger partial charge in [-0.05, 0) is 12.1 Å². The lowest BCUT2D eigenvalue weighted by molar-refractivity contribution is -0.165. The molecule has 0 bridgehead atoms. The molecule has 0 amide bonds. The van der Waals surface area contributed by atoms with Crippen LogP contribution >= 0.6 is 0 Å². The Hall–Kier alpha value is -1.98. The Balaban J connectivity index is 2.68. The van der Waals surface area contributed by atoms with Crippen LogP contribution in [0.2, 0.25) is 0 Å². The molecule has 0 saturated heterocycles. The van der Waals surface area contributed by atoms with E-state index in [9.17, 15) is 18.0 Å². The lowest BCUT2D eigenvalue weighted by Crippen LogP contribution is -2.20. The number of alkyl halides is 3. The quantitative estimate of drug-likeness (QED) is 0.829. The van der Waals surface area contributed by atoms with Crippen molar-refractivity contribution in [2.75, 3.05) is 12.4 Å². The molecule has 17 heavy (non-hydrogen) atoms. The number of rotatable bonds is 4. The number of carbonyl (C=O) groups is 1. The molecule has 0 saturated carbocycles. The first-order valence-electron chi connectivity index (χ1n) is 4.62. The summed E-state index contributed by atoms with van der Waals surface area (Å²) >= 11 is 0. The highest BCUT2D eigenvalue weighted by Gasteiger charge is 2.35. The van der Waals surface area contributed by atoms with E-state index in [1.807, 2.05) is 0 Å². The minimum absolute atomic E-state index is 0.423. The summed E-state index contributed by atoms with van der Waals surface area (Å²) in [6, 6.07) is 6.65. The minimum atomic E-state index is -4.85. The largest absolute Gasteiger partial charge is 0.495 e. The lowest BCUT2D eigenvalue weighted by atomic mass is 10.3. The van der Waals surface area contributed by atoms with Crippen LogP contribution in [0.3, 0.4) is 0 Å². The monoisotopic (exact) mass is 245 g/mol. The second-order valence-electron chi connectivity index (χ2n) is 3.04. The smallest absolute Gasteiger partial charge is 0.454 e. The van der Waals surface area contributed by atoms with Gasteiger partial charge in [-0.25, -0.2) is 0 Å². The van der Waals surface area contributed by atoms with Crippen molar-refractivity contribution >= 4 is 11.5 Å². The van der Waals surface area contributed by atoms with Gasteiger partial charge in [-0.2, -0.15) is 13.2 Å². The predicted molar refractivity (Wildman–Crippen MR) is 56.8 cm³/mol. The van der Waals surface area contributed by atoms with Crippen LogP contribution in [-0.2, 0) is 4.79 Å². The molecule has 92 valence electrons. The van der Waals surface area contributed by atoms with Gasteiger partial charge in [0.2, 0.25) is 0 Å². The van der Waals surface area contributed by atoms with Crippen molar-refractivity contribution in [1.82, 2.24) is 0 Å². The van der Waals surface area contributed by atoms with Crippen molar-refractivity contribution in [2.45, 2.75) is 6.18 Å². The highest BCUT2D eigenvalue weighted by Crippen LogP contribution is 2.23. The Bertz CT molecular complexity index is 427. The summed E-state index contributed by atoms with van der Waals surface area (Å²) in [5.41, 5.74) is 0.473. The third-order valence-corrected chi connectivity index (χ3v) is 1.86. The van der Waals surface area contributed by atoms with Crippen molar-refractivity contribution in [3.63, 3.8) is 0 Å². The summed E-state index contributed by atoms with van der Waals surface area (Å²) in [7, 11) is 1.44. The zero-order valence-corrected chi connectivity index (χ0v) is 8.91. The molecule has 0 aliphatic rings. The van der Waals surface area contributed by atoms with Crippen molar-refractivity contribution in [3.8, 4) is 5.75 Å². The number of hydrogen-bond donors (Lipinski definition) is 1. The number of anilines is 1. The van der Waals surface area contributed by atoms with Crippen LogP contribution in [0.4, 0.5) is 18.9 Å². The van der Waals surface area contributed by atoms with Crippen molar-refractivity contribution in [2.24, 2.45) is 0 Å². The number of carbonyl (C=O) groups excluding carboxylic acids is 1. The van der Waals surface area contributed by atoms with Gasteiger partial charge in [0, 0.05) is 12.3 Å². The maximum atomic E-state index is 11.9. The molecule has 0 heterocycles. The summed E-state index contributed by atoms with van der Waals surface area (Å²) in [4.78, 5) is 10.5. The molecule has 1 aromatic rings. The van der Waals surface area contributed by atoms with Gasteiger partial charge in [-0.1, -0.05) is 12.1 Å². The number of ketones is 1. The van der Waals surface area contributed by atoms with Crippen LogP contribution in [0.1, 0.15) is 0 Å². The zero-order chi connectivity index (χ0) is 12.9. The average Bonchev–Trinajstić information content (AvgIpc) is 2.28. The number of nitrogens with one attached hydrogen (secondary N) is 1. The number of benzene rings is 1. The van der Waals surface area contributed by atoms with Crippen LogP contribution in [0.25, 0.3) is 0 Å². The highest BCUT2D eigenvalue weighted by atomic mass is 19.4. The molecule has 0 atom stereocenters. The number of hydrogen-bond acceptors (Lipinski definition) is 3. The molecular formula is C11H10F3NO2. The fourth-order valence-corrected chi connectivity index (χ4v) is 1.07. The second kappa shape index (κ2) is 5.38. The molecule has 0 fully saturated rings. The third kappa shape index (κ3) is 3.82. The van der Waals surface area contributed by atoms with Crippen LogP contribution in [0.5, 0.6) is 5.75 Å². The van der Waals surface area contributed by atoms with E-state index < -0.39 is 12.0 Å². The molecule has 1 rings (SSSR count). The molecule has 0 spiro atoms. The molecule has 1 aromatic carbocycles. The molecule has 0 aromatic heterocycles. The number of ether oxygens (including phenoxy) is 1. The van der Waals surface area contributed by atoms with E-state index in [2.05, 4.69) is 5.32 Å². The number of para-hydroxylation sites is 2. The van der Waals surface area contributed by atoms with E-state index in [-0.39, 0.29) is 0 Å². The van der Waals surface area contributed by atoms with E-state index in [0.29, 0.717) is 17.5 Å². The summed E-state index contributed by atoms with van der Waals surface area (Å²) < 4.78 is 40.6. The van der Waals surface area contributed by atoms with Gasteiger partial charge in [-0.3, -0.25) is 4.79 Å². The average molecular weight is 245 g/mol. The fraction of sp³-hybridized carbons (Fsp3) is 0.182. The Kier molecular flexibility index (Phi) is 4.14. The van der Waals surface area contributed by atoms with Gasteiger partial charge >= 0.3 is 6.18 Å². The molecule has 6 heteroatoms. The molecule has 0 aliphatic carbocycles. The first-order valence-corrected chi connectivity index (χ1v) is 4.62. The molecule has 1 N–H and O–H groups in total. The van der Waals surface area contributed by atoms with E-state index >= 15 is 0 Å². The van der Waals surface area contributed by atoms with Gasteiger partial charge in [0.15, 0.2) is 0 Å². The standard InChI is InChI=1S/C11H10F3NO2/c1-17-9-5-3-2-4-8(9)15-7-6-10(16)11(12,13)14/h2-7,15H,1H3. The van der Waals surface area contributed by atoms with Crippen molar-refractivity contribution < 1.29 is 22.7 Å². The van der Waals surface area contributed by atoms with E-state index in [4.69, 9.17) is 4.74 Å². The summed E-state index contributed by atoms with van der Waals surface area (Å²) in [6.07, 6.45) is -3.50. The number of allylic oxidation sites excluding steroid dienone is 1. The van der Waals surface area contributed by atoms with Gasteiger partial charge in [0.25, 0.3) is 5.78 Å². The number of halogens is 3. The Labute approximate surface area is 95.9 Å². The summed E-state index contributed by atoms with van der Waals surface area (Å²) in [6.45, 7) is 0. The van der Waals surface area contributed by atoms with E-state index in [0.717, 1.165) is 6.20 Å². The van der Waals surface area contributed by atoms with Gasteiger partial charge in [0.05, 0.1) is 12.8 Å². The van der Waals surface area contributed by atoms with Crippen molar-refractivity contribution in [3.05, 3.63) is 36.5 Å². The van der Waals surface area contributed by atoms with Crippen LogP contribution in [0.15, 0.2) is 36.5 Å². The molecule has 0 aliphatic heterocycles. The topological polar surface area (TPSA) is 38.3 Å². The third-order valence-electron chi connectivity index (χ3n) is 1.86. The highest BCUT2D eigenvalue weighted by molar-refractivity contribution is 5.94. The fourth-order valence-electron chi connectivity index (χ4n) is 1.07. The molecule has 0 radical (unpaired) electrons. The first kappa shape index (κ1) is 13.1. The molecular weight excluding hydrogens is 235 g/mol. The minimum Gasteiger partial charge on any atom is -0.495 e. The van der Waals surface area contributed by atoms with Gasteiger partial charge in [0.1, 0.15) is 5.75 Å². The van der Waals surface area contributed by atoms with E-state index in [1.165, 1.54) is 7.11 Å². The Morgan fingerprint density at radius 3 is 2.59 bits per heavy atom. The SMILES string of the molecule is COc1ccccc1NC=CC(=O)C(F)(F)F. The van der Waals surface area contributed by atoms with Gasteiger partial charge < -0.3 is 10.1 Å². The Morgan fingerprint density at radius 1 is 1.35 bits per heavy atom. The van der Waals surface area contributed by atoms with Crippen molar-refractivity contribution in [1.29, 1.82) is 0 Å². The maximum absolute atomic E-state index is 11.9. The lowest BCUT2D eigenvalue weighted by Gasteiger charge is -2.07.